The first kappa shape index (κ1) is 18.9. The molecule has 1 aromatic heterocycles. The number of hydrogen-bond acceptors (Lipinski definition) is 5. The molecule has 0 spiro atoms. The number of aryl methyl sites for hydroxylation is 1. The predicted molar refractivity (Wildman–Crippen MR) is 107 cm³/mol. The van der Waals surface area contributed by atoms with Gasteiger partial charge >= 0.3 is 5.76 Å². The van der Waals surface area contributed by atoms with Crippen LogP contribution in [-0.4, -0.2) is 48.4 Å². The van der Waals surface area contributed by atoms with Gasteiger partial charge in [0.25, 0.3) is 0 Å². The molecule has 0 N–H and O–H groups in total. The summed E-state index contributed by atoms with van der Waals surface area (Å²) in [4.78, 5) is 14.6. The van der Waals surface area contributed by atoms with E-state index in [2.05, 4.69) is 4.90 Å². The van der Waals surface area contributed by atoms with E-state index in [-0.39, 0.29) is 0 Å². The molecule has 1 aliphatic rings. The molecule has 0 radical (unpaired) electrons. The Hall–Kier alpha value is -2.42. The van der Waals surface area contributed by atoms with Gasteiger partial charge in [0.05, 0.1) is 17.1 Å². The Kier molecular flexibility index (Phi) is 5.09. The number of oxazole rings is 1. The highest BCUT2D eigenvalue weighted by molar-refractivity contribution is 7.89. The van der Waals surface area contributed by atoms with Crippen molar-refractivity contribution in [1.29, 1.82) is 0 Å². The third kappa shape index (κ3) is 3.63. The molecule has 0 amide bonds. The van der Waals surface area contributed by atoms with Crippen LogP contribution in [0.5, 0.6) is 0 Å². The lowest BCUT2D eigenvalue weighted by atomic mass is 10.2. The number of sulfonamides is 1. The van der Waals surface area contributed by atoms with Crippen LogP contribution >= 0.6 is 0 Å². The van der Waals surface area contributed by atoms with Crippen molar-refractivity contribution in [3.63, 3.8) is 0 Å². The minimum absolute atomic E-state index is 0.323. The fraction of sp³-hybridized carbons (Fsp3) is 0.350. The Morgan fingerprint density at radius 1 is 0.964 bits per heavy atom. The smallest absolute Gasteiger partial charge is 0.408 e. The van der Waals surface area contributed by atoms with Gasteiger partial charge in [-0.15, -0.1) is 0 Å². The van der Waals surface area contributed by atoms with Gasteiger partial charge in [-0.1, -0.05) is 29.8 Å². The first-order chi connectivity index (χ1) is 13.4. The molecule has 2 heterocycles. The third-order valence-corrected chi connectivity index (χ3v) is 7.03. The van der Waals surface area contributed by atoms with Gasteiger partial charge in [-0.05, 0) is 37.6 Å². The summed E-state index contributed by atoms with van der Waals surface area (Å²) in [5.74, 6) is -0.394. The highest BCUT2D eigenvalue weighted by atomic mass is 32.2. The van der Waals surface area contributed by atoms with E-state index in [9.17, 15) is 13.2 Å². The molecule has 0 bridgehead atoms. The summed E-state index contributed by atoms with van der Waals surface area (Å²) in [7, 11) is -3.51. The minimum Gasteiger partial charge on any atom is -0.408 e. The molecular formula is C20H23N3O4S. The Balaban J connectivity index is 1.50. The molecule has 0 saturated carbocycles. The van der Waals surface area contributed by atoms with Crippen LogP contribution in [0.2, 0.25) is 0 Å². The fourth-order valence-corrected chi connectivity index (χ4v) is 5.01. The van der Waals surface area contributed by atoms with Gasteiger partial charge in [0.2, 0.25) is 10.0 Å². The summed E-state index contributed by atoms with van der Waals surface area (Å²) >= 11 is 0. The molecule has 0 unspecified atom stereocenters. The van der Waals surface area contributed by atoms with Crippen LogP contribution in [0.15, 0.2) is 62.6 Å². The van der Waals surface area contributed by atoms with Gasteiger partial charge in [-0.2, -0.15) is 4.31 Å². The van der Waals surface area contributed by atoms with Crippen molar-refractivity contribution >= 4 is 21.1 Å². The normalized spacial score (nSPS) is 17.0. The van der Waals surface area contributed by atoms with Crippen LogP contribution in [-0.2, 0) is 16.7 Å². The lowest BCUT2D eigenvalue weighted by molar-refractivity contribution is 0.224. The number of nitrogens with zero attached hydrogens (tertiary/aromatic N) is 3. The van der Waals surface area contributed by atoms with E-state index in [1.165, 1.54) is 4.31 Å². The zero-order valence-electron chi connectivity index (χ0n) is 15.7. The van der Waals surface area contributed by atoms with Crippen LogP contribution < -0.4 is 5.76 Å². The second-order valence-corrected chi connectivity index (χ2v) is 9.03. The zero-order chi connectivity index (χ0) is 19.7. The molecule has 0 aliphatic carbocycles. The van der Waals surface area contributed by atoms with Gasteiger partial charge in [0, 0.05) is 26.2 Å². The molecule has 2 aromatic carbocycles. The molecule has 0 atom stereocenters. The predicted octanol–water partition coefficient (Wildman–Crippen LogP) is 2.26. The largest absolute Gasteiger partial charge is 0.421 e. The Morgan fingerprint density at radius 2 is 1.71 bits per heavy atom. The van der Waals surface area contributed by atoms with Crippen molar-refractivity contribution in [2.45, 2.75) is 24.9 Å². The number of para-hydroxylation sites is 2. The second-order valence-electron chi connectivity index (χ2n) is 7.09. The second kappa shape index (κ2) is 7.54. The van der Waals surface area contributed by atoms with Crippen LogP contribution in [0.1, 0.15) is 12.0 Å². The van der Waals surface area contributed by atoms with E-state index in [4.69, 9.17) is 4.42 Å². The average Bonchev–Trinajstić information content (AvgIpc) is 2.84. The van der Waals surface area contributed by atoms with Gasteiger partial charge in [-0.25, -0.2) is 13.2 Å². The summed E-state index contributed by atoms with van der Waals surface area (Å²) in [6.45, 7) is 4.44. The summed E-state index contributed by atoms with van der Waals surface area (Å²) in [6, 6.07) is 14.3. The van der Waals surface area contributed by atoms with E-state index in [1.54, 1.807) is 22.8 Å². The standard InChI is InChI=1S/C20H23N3O4S/c1-16-7-9-17(10-8-16)28(25,26)22-12-4-11-21(13-14-22)15-23-18-5-2-3-6-19(18)27-20(23)24/h2-3,5-10H,4,11-15H2,1H3. The molecule has 148 valence electrons. The molecule has 7 nitrogen and oxygen atoms in total. The van der Waals surface area contributed by atoms with Gasteiger partial charge in [0.1, 0.15) is 0 Å². The molecule has 3 aromatic rings. The summed E-state index contributed by atoms with van der Waals surface area (Å²) in [5.41, 5.74) is 2.34. The molecule has 1 fully saturated rings. The van der Waals surface area contributed by atoms with E-state index in [0.29, 0.717) is 49.7 Å². The Morgan fingerprint density at radius 3 is 2.50 bits per heavy atom. The monoisotopic (exact) mass is 401 g/mol. The van der Waals surface area contributed by atoms with E-state index in [1.807, 2.05) is 37.3 Å². The van der Waals surface area contributed by atoms with Crippen LogP contribution in [0, 0.1) is 6.92 Å². The fourth-order valence-electron chi connectivity index (χ4n) is 3.54. The van der Waals surface area contributed by atoms with Crippen molar-refractivity contribution in [3.8, 4) is 0 Å². The van der Waals surface area contributed by atoms with Crippen LogP contribution in [0.25, 0.3) is 11.1 Å². The maximum absolute atomic E-state index is 12.9. The highest BCUT2D eigenvalue weighted by Crippen LogP contribution is 2.19. The third-order valence-electron chi connectivity index (χ3n) is 5.12. The van der Waals surface area contributed by atoms with Crippen molar-refractivity contribution in [1.82, 2.24) is 13.8 Å². The average molecular weight is 401 g/mol. The molecule has 1 aliphatic heterocycles. The first-order valence-electron chi connectivity index (χ1n) is 9.33. The summed E-state index contributed by atoms with van der Waals surface area (Å²) in [5, 5.41) is 0. The number of rotatable bonds is 4. The SMILES string of the molecule is Cc1ccc(S(=O)(=O)N2CCCN(Cn3c(=O)oc4ccccc43)CC2)cc1. The number of hydrogen-bond donors (Lipinski definition) is 0. The van der Waals surface area contributed by atoms with Gasteiger partial charge in [0.15, 0.2) is 5.58 Å². The lowest BCUT2D eigenvalue weighted by Crippen LogP contribution is -2.36. The van der Waals surface area contributed by atoms with Gasteiger partial charge in [-0.3, -0.25) is 9.47 Å². The van der Waals surface area contributed by atoms with E-state index in [0.717, 1.165) is 11.1 Å². The van der Waals surface area contributed by atoms with E-state index >= 15 is 0 Å². The highest BCUT2D eigenvalue weighted by Gasteiger charge is 2.27. The van der Waals surface area contributed by atoms with Crippen molar-refractivity contribution < 1.29 is 12.8 Å². The lowest BCUT2D eigenvalue weighted by Gasteiger charge is -2.22. The van der Waals surface area contributed by atoms with E-state index < -0.39 is 15.8 Å². The number of benzene rings is 2. The molecule has 28 heavy (non-hydrogen) atoms. The first-order valence-corrected chi connectivity index (χ1v) is 10.8. The van der Waals surface area contributed by atoms with Gasteiger partial charge < -0.3 is 4.42 Å². The summed E-state index contributed by atoms with van der Waals surface area (Å²) < 4.78 is 34.3. The summed E-state index contributed by atoms with van der Waals surface area (Å²) in [6.07, 6.45) is 0.704. The Bertz CT molecular complexity index is 1130. The van der Waals surface area contributed by atoms with Crippen molar-refractivity contribution in [2.24, 2.45) is 0 Å². The number of aromatic nitrogens is 1. The molecule has 1 saturated heterocycles. The van der Waals surface area contributed by atoms with Crippen molar-refractivity contribution in [3.05, 3.63) is 64.6 Å². The van der Waals surface area contributed by atoms with Crippen LogP contribution in [0.4, 0.5) is 0 Å². The van der Waals surface area contributed by atoms with Crippen molar-refractivity contribution in [2.75, 3.05) is 26.2 Å². The molecule has 4 rings (SSSR count). The minimum atomic E-state index is -3.51. The maximum atomic E-state index is 12.9. The quantitative estimate of drug-likeness (QED) is 0.670. The Labute approximate surface area is 163 Å². The zero-order valence-corrected chi connectivity index (χ0v) is 16.6. The molecule has 8 heteroatoms. The number of fused-ring (bicyclic) bond motifs is 1. The topological polar surface area (TPSA) is 75.8 Å². The molecular weight excluding hydrogens is 378 g/mol. The maximum Gasteiger partial charge on any atom is 0.421 e. The van der Waals surface area contributed by atoms with Crippen LogP contribution in [0.3, 0.4) is 0 Å².